The fourth-order valence-corrected chi connectivity index (χ4v) is 2.43. The van der Waals surface area contributed by atoms with Crippen molar-refractivity contribution in [2.24, 2.45) is 5.73 Å². The molecule has 8 heteroatoms. The Morgan fingerprint density at radius 3 is 2.29 bits per heavy atom. The summed E-state index contributed by atoms with van der Waals surface area (Å²) in [4.78, 5) is 28.1. The number of nitrogens with zero attached hydrogens (tertiary/aromatic N) is 2. The van der Waals surface area contributed by atoms with Gasteiger partial charge in [0, 0.05) is 39.1 Å². The third-order valence-electron chi connectivity index (χ3n) is 3.94. The van der Waals surface area contributed by atoms with Crippen molar-refractivity contribution in [3.05, 3.63) is 35.9 Å². The van der Waals surface area contributed by atoms with Crippen LogP contribution in [0.5, 0.6) is 0 Å². The second-order valence-corrected chi connectivity index (χ2v) is 5.61. The zero-order chi connectivity index (χ0) is 15.9. The van der Waals surface area contributed by atoms with Gasteiger partial charge in [0.05, 0.1) is 0 Å². The lowest BCUT2D eigenvalue weighted by molar-refractivity contribution is -0.132. The van der Waals surface area contributed by atoms with Crippen molar-refractivity contribution in [3.63, 3.8) is 0 Å². The average Bonchev–Trinajstić information content (AvgIpc) is 2.55. The number of carbonyl (C=O) groups excluding carboxylic acids is 2. The van der Waals surface area contributed by atoms with Crippen molar-refractivity contribution in [2.75, 3.05) is 39.8 Å². The molecule has 1 aromatic carbocycles. The van der Waals surface area contributed by atoms with Gasteiger partial charge >= 0.3 is 0 Å². The fourth-order valence-electron chi connectivity index (χ4n) is 2.43. The van der Waals surface area contributed by atoms with E-state index in [1.54, 1.807) is 0 Å². The molecule has 1 fully saturated rings. The van der Waals surface area contributed by atoms with E-state index >= 15 is 0 Å². The zero-order valence-corrected chi connectivity index (χ0v) is 15.4. The maximum absolute atomic E-state index is 12.1. The molecule has 2 rings (SSSR count). The Labute approximate surface area is 155 Å². The highest BCUT2D eigenvalue weighted by molar-refractivity contribution is 5.85. The molecule has 0 spiro atoms. The molecule has 3 N–H and O–H groups in total. The van der Waals surface area contributed by atoms with Gasteiger partial charge in [0.25, 0.3) is 0 Å². The Morgan fingerprint density at radius 2 is 1.71 bits per heavy atom. The molecule has 0 aliphatic carbocycles. The highest BCUT2D eigenvalue weighted by atomic mass is 35.5. The Bertz CT molecular complexity index is 508. The number of hydrogen-bond acceptors (Lipinski definition) is 4. The molecule has 0 bridgehead atoms. The van der Waals surface area contributed by atoms with Crippen molar-refractivity contribution >= 4 is 36.6 Å². The van der Waals surface area contributed by atoms with Crippen LogP contribution in [0, 0.1) is 0 Å². The number of carbonyl (C=O) groups is 2. The molecular formula is C16H26Cl2N4O2. The summed E-state index contributed by atoms with van der Waals surface area (Å²) >= 11 is 0. The van der Waals surface area contributed by atoms with E-state index in [0.717, 1.165) is 31.7 Å². The maximum atomic E-state index is 12.1. The fraction of sp³-hybridized carbons (Fsp3) is 0.500. The van der Waals surface area contributed by atoms with E-state index in [-0.39, 0.29) is 36.6 Å². The van der Waals surface area contributed by atoms with E-state index in [4.69, 9.17) is 5.73 Å². The lowest BCUT2D eigenvalue weighted by Crippen LogP contribution is -2.47. The topological polar surface area (TPSA) is 78.7 Å². The number of benzene rings is 1. The van der Waals surface area contributed by atoms with Crippen LogP contribution in [0.4, 0.5) is 0 Å². The first-order valence-corrected chi connectivity index (χ1v) is 7.62. The Morgan fingerprint density at radius 1 is 1.12 bits per heavy atom. The first-order valence-electron chi connectivity index (χ1n) is 7.62. The van der Waals surface area contributed by atoms with Crippen molar-refractivity contribution in [3.8, 4) is 0 Å². The third-order valence-corrected chi connectivity index (χ3v) is 3.94. The van der Waals surface area contributed by atoms with Crippen molar-refractivity contribution in [1.29, 1.82) is 0 Å². The van der Waals surface area contributed by atoms with Crippen LogP contribution in [0.15, 0.2) is 30.3 Å². The smallest absolute Gasteiger partial charge is 0.241 e. The molecule has 6 nitrogen and oxygen atoms in total. The van der Waals surface area contributed by atoms with Gasteiger partial charge in [0.15, 0.2) is 0 Å². The number of amides is 2. The molecule has 1 atom stereocenters. The summed E-state index contributed by atoms with van der Waals surface area (Å²) < 4.78 is 0. The lowest BCUT2D eigenvalue weighted by atomic mass is 10.1. The summed E-state index contributed by atoms with van der Waals surface area (Å²) in [5, 5.41) is 2.74. The van der Waals surface area contributed by atoms with Gasteiger partial charge in [-0.05, 0) is 12.6 Å². The molecule has 136 valence electrons. The maximum Gasteiger partial charge on any atom is 0.241 e. The Balaban J connectivity index is 0.00000264. The Kier molecular flexibility index (Phi) is 10.6. The van der Waals surface area contributed by atoms with E-state index in [1.165, 1.54) is 0 Å². The minimum Gasteiger partial charge on any atom is -0.354 e. The molecule has 1 heterocycles. The highest BCUT2D eigenvalue weighted by Gasteiger charge is 2.19. The van der Waals surface area contributed by atoms with Crippen LogP contribution in [0.25, 0.3) is 0 Å². The molecule has 1 aromatic rings. The summed E-state index contributed by atoms with van der Waals surface area (Å²) in [6.45, 7) is 3.64. The number of likely N-dealkylation sites (N-methyl/N-ethyl adjacent to an activating group) is 1. The summed E-state index contributed by atoms with van der Waals surface area (Å²) in [7, 11) is 2.05. The highest BCUT2D eigenvalue weighted by Crippen LogP contribution is 2.09. The van der Waals surface area contributed by atoms with Gasteiger partial charge in [-0.25, -0.2) is 0 Å². The molecule has 1 aliphatic heterocycles. The number of nitrogens with two attached hydrogens (primary N) is 1. The monoisotopic (exact) mass is 376 g/mol. The van der Waals surface area contributed by atoms with Crippen molar-refractivity contribution in [1.82, 2.24) is 15.1 Å². The SMILES string of the molecule is CN1CCN(C(=O)CCNC(=O)C(N)c2ccccc2)CC1.Cl.Cl. The van der Waals surface area contributed by atoms with Crippen LogP contribution in [0.2, 0.25) is 0 Å². The van der Waals surface area contributed by atoms with Gasteiger partial charge < -0.3 is 20.9 Å². The number of piperazine rings is 1. The van der Waals surface area contributed by atoms with Gasteiger partial charge in [0.1, 0.15) is 6.04 Å². The normalized spacial score (nSPS) is 15.7. The predicted molar refractivity (Wildman–Crippen MR) is 99.6 cm³/mol. The van der Waals surface area contributed by atoms with Gasteiger partial charge in [-0.2, -0.15) is 0 Å². The molecule has 0 aromatic heterocycles. The Hall–Kier alpha value is -1.34. The number of halogens is 2. The van der Waals surface area contributed by atoms with Gasteiger partial charge in [-0.1, -0.05) is 30.3 Å². The van der Waals surface area contributed by atoms with E-state index in [1.807, 2.05) is 42.3 Å². The molecule has 1 saturated heterocycles. The standard InChI is InChI=1S/C16H24N4O2.2ClH/c1-19-9-11-20(12-10-19)14(21)7-8-18-16(22)15(17)13-5-3-2-4-6-13;;/h2-6,15H,7-12,17H2,1H3,(H,18,22);2*1H. The average molecular weight is 377 g/mol. The van der Waals surface area contributed by atoms with Crippen LogP contribution >= 0.6 is 24.8 Å². The molecular weight excluding hydrogens is 351 g/mol. The quantitative estimate of drug-likeness (QED) is 0.796. The zero-order valence-electron chi connectivity index (χ0n) is 13.8. The minimum absolute atomic E-state index is 0. The molecule has 0 saturated carbocycles. The summed E-state index contributed by atoms with van der Waals surface area (Å²) in [5.41, 5.74) is 6.67. The number of nitrogens with one attached hydrogen (secondary N) is 1. The van der Waals surface area contributed by atoms with Crippen LogP contribution in [0.3, 0.4) is 0 Å². The van der Waals surface area contributed by atoms with E-state index in [0.29, 0.717) is 13.0 Å². The van der Waals surface area contributed by atoms with Crippen LogP contribution in [-0.2, 0) is 9.59 Å². The van der Waals surface area contributed by atoms with Crippen LogP contribution in [0.1, 0.15) is 18.0 Å². The van der Waals surface area contributed by atoms with Crippen molar-refractivity contribution in [2.45, 2.75) is 12.5 Å². The second kappa shape index (κ2) is 11.3. The summed E-state index contributed by atoms with van der Waals surface area (Å²) in [5.74, 6) is -0.168. The predicted octanol–water partition coefficient (Wildman–Crippen LogP) is 0.810. The molecule has 1 unspecified atom stereocenters. The summed E-state index contributed by atoms with van der Waals surface area (Å²) in [6.07, 6.45) is 0.316. The number of rotatable bonds is 5. The molecule has 0 radical (unpaired) electrons. The van der Waals surface area contributed by atoms with Gasteiger partial charge in [-0.15, -0.1) is 24.8 Å². The number of hydrogen-bond donors (Lipinski definition) is 2. The van der Waals surface area contributed by atoms with Gasteiger partial charge in [0.2, 0.25) is 11.8 Å². The second-order valence-electron chi connectivity index (χ2n) is 5.61. The van der Waals surface area contributed by atoms with E-state index < -0.39 is 6.04 Å². The largest absolute Gasteiger partial charge is 0.354 e. The minimum atomic E-state index is -0.695. The molecule has 1 aliphatic rings. The summed E-state index contributed by atoms with van der Waals surface area (Å²) in [6, 6.07) is 8.51. The van der Waals surface area contributed by atoms with Crippen molar-refractivity contribution < 1.29 is 9.59 Å². The van der Waals surface area contributed by atoms with E-state index in [9.17, 15) is 9.59 Å². The van der Waals surface area contributed by atoms with Gasteiger partial charge in [-0.3, -0.25) is 9.59 Å². The lowest BCUT2D eigenvalue weighted by Gasteiger charge is -2.32. The van der Waals surface area contributed by atoms with E-state index in [2.05, 4.69) is 10.2 Å². The molecule has 2 amide bonds. The molecule has 24 heavy (non-hydrogen) atoms. The third kappa shape index (κ3) is 6.65. The van der Waals surface area contributed by atoms with Crippen LogP contribution < -0.4 is 11.1 Å². The first kappa shape index (κ1) is 22.7. The first-order chi connectivity index (χ1) is 10.6. The van der Waals surface area contributed by atoms with Crippen LogP contribution in [-0.4, -0.2) is 61.4 Å².